The van der Waals surface area contributed by atoms with Crippen molar-refractivity contribution in [3.8, 4) is 0 Å². The van der Waals surface area contributed by atoms with Gasteiger partial charge in [0.1, 0.15) is 0 Å². The lowest BCUT2D eigenvalue weighted by atomic mass is 10.00. The molecule has 2 nitrogen and oxygen atoms in total. The standard InChI is InChI=1S/C13H25NO/c1-3-5-6-7-11-14-12(15)13(8-4-2)9-10-13/h3-11H2,1-2H3,(H,14,15). The van der Waals surface area contributed by atoms with Crippen molar-refractivity contribution in [1.29, 1.82) is 0 Å². The molecule has 2 heteroatoms. The molecule has 15 heavy (non-hydrogen) atoms. The van der Waals surface area contributed by atoms with Crippen molar-refractivity contribution in [2.24, 2.45) is 5.41 Å². The van der Waals surface area contributed by atoms with E-state index >= 15 is 0 Å². The van der Waals surface area contributed by atoms with Gasteiger partial charge in [-0.15, -0.1) is 0 Å². The summed E-state index contributed by atoms with van der Waals surface area (Å²) in [7, 11) is 0. The minimum atomic E-state index is 0.0551. The minimum absolute atomic E-state index is 0.0551. The molecule has 0 aromatic carbocycles. The van der Waals surface area contributed by atoms with Gasteiger partial charge in [-0.2, -0.15) is 0 Å². The van der Waals surface area contributed by atoms with E-state index in [0.29, 0.717) is 5.91 Å². The molecule has 1 rings (SSSR count). The molecule has 1 N–H and O–H groups in total. The van der Waals surface area contributed by atoms with Gasteiger partial charge >= 0.3 is 0 Å². The third-order valence-electron chi connectivity index (χ3n) is 3.38. The highest BCUT2D eigenvalue weighted by Gasteiger charge is 2.48. The van der Waals surface area contributed by atoms with E-state index in [4.69, 9.17) is 0 Å². The average Bonchev–Trinajstić information content (AvgIpc) is 2.99. The Morgan fingerprint density at radius 1 is 1.13 bits per heavy atom. The molecule has 0 radical (unpaired) electrons. The van der Waals surface area contributed by atoms with Gasteiger partial charge in [-0.25, -0.2) is 0 Å². The summed E-state index contributed by atoms with van der Waals surface area (Å²) in [6.45, 7) is 5.25. The summed E-state index contributed by atoms with van der Waals surface area (Å²) in [5.41, 5.74) is 0.0551. The van der Waals surface area contributed by atoms with Crippen LogP contribution in [0.2, 0.25) is 0 Å². The van der Waals surface area contributed by atoms with Crippen LogP contribution in [0, 0.1) is 5.41 Å². The molecule has 1 saturated carbocycles. The summed E-state index contributed by atoms with van der Waals surface area (Å²) in [4.78, 5) is 11.8. The van der Waals surface area contributed by atoms with Gasteiger partial charge in [0.15, 0.2) is 0 Å². The van der Waals surface area contributed by atoms with Crippen molar-refractivity contribution in [2.45, 2.75) is 65.2 Å². The molecule has 0 atom stereocenters. The lowest BCUT2D eigenvalue weighted by molar-refractivity contribution is -0.126. The summed E-state index contributed by atoms with van der Waals surface area (Å²) >= 11 is 0. The Kier molecular flexibility index (Phi) is 5.13. The molecule has 0 saturated heterocycles. The van der Waals surface area contributed by atoms with Gasteiger partial charge < -0.3 is 5.32 Å². The predicted molar refractivity (Wildman–Crippen MR) is 63.7 cm³/mol. The van der Waals surface area contributed by atoms with Crippen LogP contribution >= 0.6 is 0 Å². The Labute approximate surface area is 93.8 Å². The molecule has 0 spiro atoms. The van der Waals surface area contributed by atoms with Crippen LogP contribution in [0.25, 0.3) is 0 Å². The van der Waals surface area contributed by atoms with Crippen molar-refractivity contribution < 1.29 is 4.79 Å². The fourth-order valence-electron chi connectivity index (χ4n) is 2.16. The van der Waals surface area contributed by atoms with E-state index in [2.05, 4.69) is 19.2 Å². The first kappa shape index (κ1) is 12.5. The fraction of sp³-hybridized carbons (Fsp3) is 0.923. The van der Waals surface area contributed by atoms with E-state index in [9.17, 15) is 4.79 Å². The zero-order valence-corrected chi connectivity index (χ0v) is 10.3. The van der Waals surface area contributed by atoms with Gasteiger partial charge in [0, 0.05) is 12.0 Å². The first-order valence-electron chi connectivity index (χ1n) is 6.53. The van der Waals surface area contributed by atoms with Crippen LogP contribution in [-0.2, 0) is 4.79 Å². The molecule has 88 valence electrons. The number of amides is 1. The van der Waals surface area contributed by atoms with Crippen LogP contribution < -0.4 is 5.32 Å². The van der Waals surface area contributed by atoms with Crippen molar-refractivity contribution in [1.82, 2.24) is 5.32 Å². The number of rotatable bonds is 8. The highest BCUT2D eigenvalue weighted by Crippen LogP contribution is 2.49. The topological polar surface area (TPSA) is 29.1 Å². The maximum absolute atomic E-state index is 11.8. The van der Waals surface area contributed by atoms with Gasteiger partial charge in [0.2, 0.25) is 5.91 Å². The van der Waals surface area contributed by atoms with Crippen LogP contribution in [-0.4, -0.2) is 12.5 Å². The summed E-state index contributed by atoms with van der Waals surface area (Å²) in [6.07, 6.45) is 9.36. The molecule has 1 aliphatic rings. The third-order valence-corrected chi connectivity index (χ3v) is 3.38. The first-order chi connectivity index (χ1) is 7.25. The van der Waals surface area contributed by atoms with Crippen molar-refractivity contribution in [3.63, 3.8) is 0 Å². The Morgan fingerprint density at radius 3 is 2.40 bits per heavy atom. The third kappa shape index (κ3) is 3.84. The smallest absolute Gasteiger partial charge is 0.226 e. The van der Waals surface area contributed by atoms with Crippen LogP contribution in [0.5, 0.6) is 0 Å². The zero-order chi connectivity index (χ0) is 11.1. The molecule has 0 aromatic rings. The molecule has 1 aliphatic carbocycles. The minimum Gasteiger partial charge on any atom is -0.356 e. The van der Waals surface area contributed by atoms with E-state index < -0.39 is 0 Å². The number of unbranched alkanes of at least 4 members (excludes halogenated alkanes) is 3. The largest absolute Gasteiger partial charge is 0.356 e. The quantitative estimate of drug-likeness (QED) is 0.613. The summed E-state index contributed by atoms with van der Waals surface area (Å²) in [5.74, 6) is 0.320. The molecule has 0 aromatic heterocycles. The molecule has 0 heterocycles. The van der Waals surface area contributed by atoms with Crippen molar-refractivity contribution in [2.75, 3.05) is 6.54 Å². The lowest BCUT2D eigenvalue weighted by Crippen LogP contribution is -2.32. The van der Waals surface area contributed by atoms with Crippen LogP contribution in [0.1, 0.15) is 65.2 Å². The van der Waals surface area contributed by atoms with Gasteiger partial charge in [0.25, 0.3) is 0 Å². The average molecular weight is 211 g/mol. The van der Waals surface area contributed by atoms with Gasteiger partial charge in [-0.05, 0) is 25.7 Å². The van der Waals surface area contributed by atoms with E-state index in [1.807, 2.05) is 0 Å². The normalized spacial score (nSPS) is 17.5. The van der Waals surface area contributed by atoms with E-state index in [-0.39, 0.29) is 5.41 Å². The number of nitrogens with one attached hydrogen (secondary N) is 1. The summed E-state index contributed by atoms with van der Waals surface area (Å²) in [6, 6.07) is 0. The number of carbonyl (C=O) groups is 1. The van der Waals surface area contributed by atoms with Gasteiger partial charge in [-0.3, -0.25) is 4.79 Å². The summed E-state index contributed by atoms with van der Waals surface area (Å²) in [5, 5.41) is 3.09. The number of hydrogen-bond donors (Lipinski definition) is 1. The van der Waals surface area contributed by atoms with Gasteiger partial charge in [0.05, 0.1) is 0 Å². The Bertz CT molecular complexity index is 197. The van der Waals surface area contributed by atoms with E-state index in [1.165, 1.54) is 19.3 Å². The molecule has 1 fully saturated rings. The maximum atomic E-state index is 11.8. The first-order valence-corrected chi connectivity index (χ1v) is 6.53. The summed E-state index contributed by atoms with van der Waals surface area (Å²) < 4.78 is 0. The SMILES string of the molecule is CCCCCCNC(=O)C1(CCC)CC1. The van der Waals surface area contributed by atoms with E-state index in [0.717, 1.165) is 38.6 Å². The Hall–Kier alpha value is -0.530. The van der Waals surface area contributed by atoms with Gasteiger partial charge in [-0.1, -0.05) is 39.5 Å². The molecule has 0 aliphatic heterocycles. The second-order valence-electron chi connectivity index (χ2n) is 4.85. The fourth-order valence-corrected chi connectivity index (χ4v) is 2.16. The molecule has 1 amide bonds. The monoisotopic (exact) mass is 211 g/mol. The lowest BCUT2D eigenvalue weighted by Gasteiger charge is -2.13. The molecular weight excluding hydrogens is 186 g/mol. The second-order valence-corrected chi connectivity index (χ2v) is 4.85. The van der Waals surface area contributed by atoms with E-state index in [1.54, 1.807) is 0 Å². The van der Waals surface area contributed by atoms with Crippen LogP contribution in [0.15, 0.2) is 0 Å². The molecule has 0 unspecified atom stereocenters. The van der Waals surface area contributed by atoms with Crippen LogP contribution in [0.3, 0.4) is 0 Å². The second kappa shape index (κ2) is 6.14. The Morgan fingerprint density at radius 2 is 1.87 bits per heavy atom. The van der Waals surface area contributed by atoms with Crippen molar-refractivity contribution >= 4 is 5.91 Å². The van der Waals surface area contributed by atoms with Crippen molar-refractivity contribution in [3.05, 3.63) is 0 Å². The molecular formula is C13H25NO. The predicted octanol–water partition coefficient (Wildman–Crippen LogP) is 3.26. The highest BCUT2D eigenvalue weighted by atomic mass is 16.2. The maximum Gasteiger partial charge on any atom is 0.226 e. The number of carbonyl (C=O) groups excluding carboxylic acids is 1. The van der Waals surface area contributed by atoms with Crippen LogP contribution in [0.4, 0.5) is 0 Å². The highest BCUT2D eigenvalue weighted by molar-refractivity contribution is 5.85. The Balaban J connectivity index is 2.08. The number of hydrogen-bond acceptors (Lipinski definition) is 1. The molecule has 0 bridgehead atoms. The zero-order valence-electron chi connectivity index (χ0n) is 10.3.